The van der Waals surface area contributed by atoms with E-state index < -0.39 is 0 Å². The molecule has 2 rings (SSSR count). The molecule has 11 heavy (non-hydrogen) atoms. The summed E-state index contributed by atoms with van der Waals surface area (Å²) in [5.74, 6) is 1.58. The van der Waals surface area contributed by atoms with Gasteiger partial charge in [-0.1, -0.05) is 13.8 Å². The quantitative estimate of drug-likeness (QED) is 0.607. The molecule has 1 saturated heterocycles. The first-order valence-electron chi connectivity index (χ1n) is 4.50. The predicted octanol–water partition coefficient (Wildman–Crippen LogP) is 1.79. The molecule has 0 amide bonds. The molecular weight excluding hydrogens is 140 g/mol. The van der Waals surface area contributed by atoms with Crippen molar-refractivity contribution in [2.24, 2.45) is 11.8 Å². The van der Waals surface area contributed by atoms with Gasteiger partial charge in [0.1, 0.15) is 6.79 Å². The third-order valence-electron chi connectivity index (χ3n) is 2.68. The molecule has 0 N–H and O–H groups in total. The zero-order valence-electron chi connectivity index (χ0n) is 7.25. The number of hydrogen-bond acceptors (Lipinski definition) is 2. The van der Waals surface area contributed by atoms with Crippen molar-refractivity contribution in [1.29, 1.82) is 0 Å². The van der Waals surface area contributed by atoms with Gasteiger partial charge >= 0.3 is 0 Å². The van der Waals surface area contributed by atoms with Crippen LogP contribution in [0.15, 0.2) is 0 Å². The molecule has 3 atom stereocenters. The molecule has 1 aliphatic carbocycles. The lowest BCUT2D eigenvalue weighted by Crippen LogP contribution is -2.44. The molecule has 0 aromatic heterocycles. The highest BCUT2D eigenvalue weighted by atomic mass is 16.7. The highest BCUT2D eigenvalue weighted by Gasteiger charge is 2.46. The minimum atomic E-state index is 0.442. The molecule has 1 saturated carbocycles. The van der Waals surface area contributed by atoms with Crippen LogP contribution in [0, 0.1) is 11.8 Å². The van der Waals surface area contributed by atoms with E-state index in [9.17, 15) is 0 Å². The summed E-state index contributed by atoms with van der Waals surface area (Å²) < 4.78 is 10.8. The summed E-state index contributed by atoms with van der Waals surface area (Å²) in [6.45, 7) is 5.07. The van der Waals surface area contributed by atoms with Crippen LogP contribution in [0.4, 0.5) is 0 Å². The van der Waals surface area contributed by atoms with Crippen molar-refractivity contribution in [3.63, 3.8) is 0 Å². The molecule has 1 aliphatic heterocycles. The first-order chi connectivity index (χ1) is 5.27. The van der Waals surface area contributed by atoms with Gasteiger partial charge in [0.2, 0.25) is 0 Å². The van der Waals surface area contributed by atoms with Gasteiger partial charge in [0.05, 0.1) is 12.2 Å². The summed E-state index contributed by atoms with van der Waals surface area (Å²) in [4.78, 5) is 0. The molecule has 1 heterocycles. The molecule has 0 radical (unpaired) electrons. The number of fused-ring (bicyclic) bond motifs is 1. The molecule has 2 fully saturated rings. The lowest BCUT2D eigenvalue weighted by molar-refractivity contribution is -0.0167. The average molecular weight is 156 g/mol. The van der Waals surface area contributed by atoms with Gasteiger partial charge in [-0.05, 0) is 24.7 Å². The van der Waals surface area contributed by atoms with Crippen molar-refractivity contribution in [2.75, 3.05) is 6.79 Å². The molecule has 0 bridgehead atoms. The van der Waals surface area contributed by atoms with Crippen molar-refractivity contribution < 1.29 is 9.47 Å². The fraction of sp³-hybridized carbons (Fsp3) is 1.00. The summed E-state index contributed by atoms with van der Waals surface area (Å²) in [5, 5.41) is 0. The fourth-order valence-corrected chi connectivity index (χ4v) is 2.12. The first-order valence-corrected chi connectivity index (χ1v) is 4.50. The van der Waals surface area contributed by atoms with Crippen molar-refractivity contribution in [2.45, 2.75) is 38.9 Å². The Morgan fingerprint density at radius 3 is 2.82 bits per heavy atom. The Hall–Kier alpha value is -0.0800. The summed E-state index contributed by atoms with van der Waals surface area (Å²) >= 11 is 0. The van der Waals surface area contributed by atoms with Crippen LogP contribution in [0.5, 0.6) is 0 Å². The SMILES string of the molecule is CC(C)CC1CC2OCOC12. The van der Waals surface area contributed by atoms with Crippen LogP contribution in [0.25, 0.3) is 0 Å². The molecular formula is C9H16O2. The standard InChI is InChI=1S/C9H16O2/c1-6(2)3-7-4-8-9(7)11-5-10-8/h6-9H,3-5H2,1-2H3. The van der Waals surface area contributed by atoms with E-state index in [4.69, 9.17) is 9.47 Å². The second kappa shape index (κ2) is 2.76. The average Bonchev–Trinajstić information content (AvgIpc) is 2.26. The third-order valence-corrected chi connectivity index (χ3v) is 2.68. The lowest BCUT2D eigenvalue weighted by atomic mass is 9.75. The van der Waals surface area contributed by atoms with Crippen molar-refractivity contribution in [1.82, 2.24) is 0 Å². The van der Waals surface area contributed by atoms with E-state index in [0.717, 1.165) is 11.8 Å². The lowest BCUT2D eigenvalue weighted by Gasteiger charge is -2.38. The Bertz CT molecular complexity index is 144. The Kier molecular flexibility index (Phi) is 1.90. The van der Waals surface area contributed by atoms with Crippen LogP contribution >= 0.6 is 0 Å². The summed E-state index contributed by atoms with van der Waals surface area (Å²) in [7, 11) is 0. The van der Waals surface area contributed by atoms with Gasteiger partial charge < -0.3 is 9.47 Å². The zero-order chi connectivity index (χ0) is 7.84. The molecule has 2 heteroatoms. The number of rotatable bonds is 2. The van der Waals surface area contributed by atoms with E-state index >= 15 is 0 Å². The topological polar surface area (TPSA) is 18.5 Å². The van der Waals surface area contributed by atoms with E-state index in [1.165, 1.54) is 12.8 Å². The minimum absolute atomic E-state index is 0.442. The van der Waals surface area contributed by atoms with Gasteiger partial charge in [-0.25, -0.2) is 0 Å². The normalized spacial score (nSPS) is 42.3. The van der Waals surface area contributed by atoms with Crippen LogP contribution in [0.1, 0.15) is 26.7 Å². The van der Waals surface area contributed by atoms with Gasteiger partial charge in [0.15, 0.2) is 0 Å². The first kappa shape index (κ1) is 7.56. The Balaban J connectivity index is 1.81. The predicted molar refractivity (Wildman–Crippen MR) is 42.2 cm³/mol. The summed E-state index contributed by atoms with van der Waals surface area (Å²) in [6, 6.07) is 0. The number of hydrogen-bond donors (Lipinski definition) is 0. The molecule has 2 nitrogen and oxygen atoms in total. The van der Waals surface area contributed by atoms with E-state index in [-0.39, 0.29) is 0 Å². The van der Waals surface area contributed by atoms with E-state index in [2.05, 4.69) is 13.8 Å². The van der Waals surface area contributed by atoms with Gasteiger partial charge in [-0.15, -0.1) is 0 Å². The summed E-state index contributed by atoms with van der Waals surface area (Å²) in [6.07, 6.45) is 3.41. The van der Waals surface area contributed by atoms with Gasteiger partial charge in [0, 0.05) is 0 Å². The Morgan fingerprint density at radius 1 is 1.36 bits per heavy atom. The fourth-order valence-electron chi connectivity index (χ4n) is 2.12. The Morgan fingerprint density at radius 2 is 2.18 bits per heavy atom. The van der Waals surface area contributed by atoms with Crippen molar-refractivity contribution in [3.05, 3.63) is 0 Å². The smallest absolute Gasteiger partial charge is 0.147 e. The number of ether oxygens (including phenoxy) is 2. The molecule has 2 aliphatic rings. The maximum absolute atomic E-state index is 5.44. The van der Waals surface area contributed by atoms with Gasteiger partial charge in [-0.2, -0.15) is 0 Å². The second-order valence-corrected chi connectivity index (χ2v) is 4.08. The van der Waals surface area contributed by atoms with Crippen LogP contribution in [-0.2, 0) is 9.47 Å². The van der Waals surface area contributed by atoms with Crippen molar-refractivity contribution >= 4 is 0 Å². The van der Waals surface area contributed by atoms with E-state index in [1.807, 2.05) is 0 Å². The summed E-state index contributed by atoms with van der Waals surface area (Å²) in [5.41, 5.74) is 0. The molecule has 0 aromatic rings. The van der Waals surface area contributed by atoms with Crippen LogP contribution in [-0.4, -0.2) is 19.0 Å². The van der Waals surface area contributed by atoms with Crippen LogP contribution in [0.2, 0.25) is 0 Å². The van der Waals surface area contributed by atoms with Crippen LogP contribution < -0.4 is 0 Å². The minimum Gasteiger partial charge on any atom is -0.349 e. The van der Waals surface area contributed by atoms with E-state index in [1.54, 1.807) is 0 Å². The monoisotopic (exact) mass is 156 g/mol. The molecule has 0 aromatic carbocycles. The van der Waals surface area contributed by atoms with E-state index in [0.29, 0.717) is 19.0 Å². The maximum Gasteiger partial charge on any atom is 0.147 e. The van der Waals surface area contributed by atoms with Crippen LogP contribution in [0.3, 0.4) is 0 Å². The highest BCUT2D eigenvalue weighted by molar-refractivity contribution is 4.93. The van der Waals surface area contributed by atoms with Gasteiger partial charge in [0.25, 0.3) is 0 Å². The maximum atomic E-state index is 5.44. The zero-order valence-corrected chi connectivity index (χ0v) is 7.25. The molecule has 64 valence electrons. The molecule has 0 spiro atoms. The van der Waals surface area contributed by atoms with Gasteiger partial charge in [-0.3, -0.25) is 0 Å². The highest BCUT2D eigenvalue weighted by Crippen LogP contribution is 2.40. The largest absolute Gasteiger partial charge is 0.349 e. The van der Waals surface area contributed by atoms with Crippen molar-refractivity contribution in [3.8, 4) is 0 Å². The molecule has 3 unspecified atom stereocenters. The second-order valence-electron chi connectivity index (χ2n) is 4.08. The third kappa shape index (κ3) is 1.30. The Labute approximate surface area is 67.9 Å².